The third-order valence-electron chi connectivity index (χ3n) is 5.90. The number of nitrogen functional groups attached to an aromatic ring is 1. The highest BCUT2D eigenvalue weighted by Crippen LogP contribution is 2.49. The zero-order valence-electron chi connectivity index (χ0n) is 17.1. The van der Waals surface area contributed by atoms with Crippen LogP contribution in [0, 0.1) is 5.82 Å². The molecule has 2 aromatic heterocycles. The molecule has 0 radical (unpaired) electrons. The van der Waals surface area contributed by atoms with Crippen molar-refractivity contribution >= 4 is 28.5 Å². The van der Waals surface area contributed by atoms with Gasteiger partial charge >= 0.3 is 0 Å². The van der Waals surface area contributed by atoms with Gasteiger partial charge in [-0.3, -0.25) is 0 Å². The number of nitrogens with zero attached hydrogens (tertiary/aromatic N) is 3. The van der Waals surface area contributed by atoms with Crippen molar-refractivity contribution in [2.24, 2.45) is 0 Å². The molecule has 2 aliphatic rings. The summed E-state index contributed by atoms with van der Waals surface area (Å²) < 4.78 is 34.5. The summed E-state index contributed by atoms with van der Waals surface area (Å²) in [5, 5.41) is 12.1. The Morgan fingerprint density at radius 2 is 1.97 bits per heavy atom. The zero-order valence-corrected chi connectivity index (χ0v) is 17.9. The van der Waals surface area contributed by atoms with E-state index in [2.05, 4.69) is 9.97 Å². The molecule has 0 amide bonds. The summed E-state index contributed by atoms with van der Waals surface area (Å²) in [4.78, 5) is 8.35. The highest BCUT2D eigenvalue weighted by molar-refractivity contribution is 6.30. The minimum atomic E-state index is -1.59. The molecule has 0 saturated carbocycles. The number of hydrogen-bond donors (Lipinski definition) is 2. The van der Waals surface area contributed by atoms with Crippen LogP contribution in [-0.4, -0.2) is 43.7 Å². The Bertz CT molecular complexity index is 1170. The Hall–Kier alpha value is -2.30. The van der Waals surface area contributed by atoms with Crippen LogP contribution in [0.2, 0.25) is 5.02 Å². The number of benzene rings is 1. The van der Waals surface area contributed by atoms with Crippen molar-refractivity contribution in [3.8, 4) is 0 Å². The number of rotatable bonds is 3. The highest BCUT2D eigenvalue weighted by atomic mass is 35.5. The number of fused-ring (bicyclic) bond motifs is 2. The Labute approximate surface area is 182 Å². The lowest BCUT2D eigenvalue weighted by atomic mass is 9.86. The van der Waals surface area contributed by atoms with Crippen LogP contribution in [-0.2, 0) is 19.8 Å². The molecular formula is C21H22ClFN4O4. The van der Waals surface area contributed by atoms with E-state index in [1.807, 2.05) is 0 Å². The van der Waals surface area contributed by atoms with E-state index >= 15 is 0 Å². The first-order chi connectivity index (χ1) is 14.6. The number of anilines is 1. The molecule has 31 heavy (non-hydrogen) atoms. The van der Waals surface area contributed by atoms with E-state index in [0.717, 1.165) is 0 Å². The molecule has 0 aliphatic carbocycles. The Morgan fingerprint density at radius 3 is 2.71 bits per heavy atom. The fraction of sp³-hybridized carbons (Fsp3) is 0.429. The van der Waals surface area contributed by atoms with Crippen molar-refractivity contribution in [1.29, 1.82) is 0 Å². The van der Waals surface area contributed by atoms with E-state index in [-0.39, 0.29) is 5.02 Å². The highest BCUT2D eigenvalue weighted by Gasteiger charge is 2.60. The van der Waals surface area contributed by atoms with E-state index in [9.17, 15) is 9.50 Å². The van der Waals surface area contributed by atoms with Gasteiger partial charge in [0, 0.05) is 6.20 Å². The second-order valence-electron chi connectivity index (χ2n) is 8.51. The maximum Gasteiger partial charge on any atom is 0.164 e. The quantitative estimate of drug-likeness (QED) is 0.634. The predicted molar refractivity (Wildman–Crippen MR) is 111 cm³/mol. The summed E-state index contributed by atoms with van der Waals surface area (Å²) in [6.07, 6.45) is 0.473. The number of hydrogen-bond acceptors (Lipinski definition) is 7. The van der Waals surface area contributed by atoms with Gasteiger partial charge in [0.15, 0.2) is 12.0 Å². The van der Waals surface area contributed by atoms with Crippen LogP contribution in [0.1, 0.15) is 32.6 Å². The van der Waals surface area contributed by atoms with Gasteiger partial charge in [-0.25, -0.2) is 14.4 Å². The molecule has 3 aromatic rings. The zero-order chi connectivity index (χ0) is 22.1. The molecule has 5 rings (SSSR count). The molecule has 3 N–H and O–H groups in total. The minimum Gasteiger partial charge on any atom is -0.383 e. The number of halogens is 2. The maximum absolute atomic E-state index is 14.1. The van der Waals surface area contributed by atoms with Gasteiger partial charge in [0.05, 0.1) is 10.4 Å². The van der Waals surface area contributed by atoms with Gasteiger partial charge in [0.2, 0.25) is 0 Å². The average molecular weight is 449 g/mol. The van der Waals surface area contributed by atoms with Crippen LogP contribution in [0.15, 0.2) is 36.8 Å². The van der Waals surface area contributed by atoms with Crippen molar-refractivity contribution in [2.75, 3.05) is 5.73 Å². The summed E-state index contributed by atoms with van der Waals surface area (Å²) in [6, 6.07) is 5.97. The van der Waals surface area contributed by atoms with E-state index in [1.165, 1.54) is 18.5 Å². The molecule has 0 spiro atoms. The smallest absolute Gasteiger partial charge is 0.164 e. The summed E-state index contributed by atoms with van der Waals surface area (Å²) in [6.45, 7) is 5.15. The normalized spacial score (nSPS) is 29.2. The lowest BCUT2D eigenvalue weighted by Crippen LogP contribution is -2.45. The number of ether oxygens (including phenoxy) is 3. The van der Waals surface area contributed by atoms with Crippen LogP contribution in [0.25, 0.3) is 11.0 Å². The van der Waals surface area contributed by atoms with Crippen molar-refractivity contribution < 1.29 is 23.7 Å². The SMILES string of the molecule is CC1(C)OC2[C@H](n3ccc4c(N)ncnc43)O[C@H]([C@](C)(O)c3ccc(Cl)c(F)c3)[C@H]2O1. The second kappa shape index (κ2) is 6.85. The van der Waals surface area contributed by atoms with Crippen molar-refractivity contribution in [2.45, 2.75) is 56.7 Å². The van der Waals surface area contributed by atoms with Crippen LogP contribution in [0.3, 0.4) is 0 Å². The van der Waals surface area contributed by atoms with Crippen molar-refractivity contribution in [1.82, 2.24) is 14.5 Å². The second-order valence-corrected chi connectivity index (χ2v) is 8.91. The van der Waals surface area contributed by atoms with Gasteiger partial charge in [-0.15, -0.1) is 0 Å². The van der Waals surface area contributed by atoms with Gasteiger partial charge in [0.25, 0.3) is 0 Å². The van der Waals surface area contributed by atoms with Gasteiger partial charge in [0.1, 0.15) is 47.5 Å². The molecule has 10 heteroatoms. The van der Waals surface area contributed by atoms with Crippen LogP contribution in [0.5, 0.6) is 0 Å². The van der Waals surface area contributed by atoms with Gasteiger partial charge in [-0.05, 0) is 44.5 Å². The first-order valence-electron chi connectivity index (χ1n) is 9.84. The first kappa shape index (κ1) is 20.6. The lowest BCUT2D eigenvalue weighted by Gasteiger charge is -2.34. The van der Waals surface area contributed by atoms with E-state index < -0.39 is 41.7 Å². The van der Waals surface area contributed by atoms with Gasteiger partial charge in [-0.2, -0.15) is 0 Å². The summed E-state index contributed by atoms with van der Waals surface area (Å²) in [5.74, 6) is -1.17. The standard InChI is InChI=1S/C21H22ClFN4O4/c1-20(2)30-14-15(31-20)19(27-7-6-11-17(24)25-9-26-18(11)27)29-16(14)21(3,28)10-4-5-12(22)13(23)8-10/h4-9,14-16,19,28H,1-3H3,(H2,24,25,26)/t14-,15?,16-,19+,21+/m0/s1. The van der Waals surface area contributed by atoms with E-state index in [0.29, 0.717) is 22.4 Å². The summed E-state index contributed by atoms with van der Waals surface area (Å²) in [5.41, 5.74) is 5.26. The average Bonchev–Trinajstić information content (AvgIpc) is 3.35. The topological polar surface area (TPSA) is 105 Å². The number of nitrogens with two attached hydrogens (primary N) is 1. The summed E-state index contributed by atoms with van der Waals surface area (Å²) in [7, 11) is 0. The summed E-state index contributed by atoms with van der Waals surface area (Å²) >= 11 is 5.82. The molecule has 2 aliphatic heterocycles. The molecule has 2 fully saturated rings. The maximum atomic E-state index is 14.1. The molecule has 0 bridgehead atoms. The molecule has 8 nitrogen and oxygen atoms in total. The third kappa shape index (κ3) is 3.19. The molecule has 1 aromatic carbocycles. The van der Waals surface area contributed by atoms with Crippen LogP contribution >= 0.6 is 11.6 Å². The van der Waals surface area contributed by atoms with Gasteiger partial charge < -0.3 is 29.6 Å². The predicted octanol–water partition coefficient (Wildman–Crippen LogP) is 3.13. The number of aliphatic hydroxyl groups is 1. The minimum absolute atomic E-state index is 0.0275. The van der Waals surface area contributed by atoms with Crippen LogP contribution in [0.4, 0.5) is 10.2 Å². The Morgan fingerprint density at radius 1 is 1.23 bits per heavy atom. The molecule has 5 atom stereocenters. The molecule has 4 heterocycles. The molecule has 1 unspecified atom stereocenters. The van der Waals surface area contributed by atoms with E-state index in [4.69, 9.17) is 31.5 Å². The monoisotopic (exact) mass is 448 g/mol. The molecular weight excluding hydrogens is 427 g/mol. The lowest BCUT2D eigenvalue weighted by molar-refractivity contribution is -0.221. The fourth-order valence-corrected chi connectivity index (χ4v) is 4.54. The fourth-order valence-electron chi connectivity index (χ4n) is 4.42. The largest absolute Gasteiger partial charge is 0.383 e. The van der Waals surface area contributed by atoms with Crippen molar-refractivity contribution in [3.63, 3.8) is 0 Å². The van der Waals surface area contributed by atoms with E-state index in [1.54, 1.807) is 43.7 Å². The Balaban J connectivity index is 1.58. The Kier molecular flexibility index (Phi) is 4.55. The van der Waals surface area contributed by atoms with Crippen molar-refractivity contribution in [3.05, 3.63) is 53.2 Å². The number of aromatic nitrogens is 3. The molecule has 2 saturated heterocycles. The first-order valence-corrected chi connectivity index (χ1v) is 10.2. The van der Waals surface area contributed by atoms with Crippen LogP contribution < -0.4 is 5.73 Å². The molecule has 164 valence electrons. The van der Waals surface area contributed by atoms with Gasteiger partial charge in [-0.1, -0.05) is 17.7 Å². The third-order valence-corrected chi connectivity index (χ3v) is 6.21.